The number of carboxylic acids is 1. The molecule has 7 nitrogen and oxygen atoms in total. The van der Waals surface area contributed by atoms with Crippen LogP contribution in [0.5, 0.6) is 0 Å². The summed E-state index contributed by atoms with van der Waals surface area (Å²) in [7, 11) is 1.43. The third-order valence-corrected chi connectivity index (χ3v) is 3.17. The molecular weight excluding hydrogens is 260 g/mol. The normalized spacial score (nSPS) is 9.83. The molecule has 18 heavy (non-hydrogen) atoms. The predicted octanol–water partition coefficient (Wildman–Crippen LogP) is 1.13. The first kappa shape index (κ1) is 14.0. The summed E-state index contributed by atoms with van der Waals surface area (Å²) in [6.07, 6.45) is 0. The summed E-state index contributed by atoms with van der Waals surface area (Å²) >= 11 is 0.828. The highest BCUT2D eigenvalue weighted by molar-refractivity contribution is 8.00. The van der Waals surface area contributed by atoms with Crippen molar-refractivity contribution < 1.29 is 19.6 Å². The van der Waals surface area contributed by atoms with E-state index in [4.69, 9.17) is 5.11 Å². The number of carboxylic acid groups (broad SMARTS) is 1. The van der Waals surface area contributed by atoms with E-state index in [2.05, 4.69) is 5.32 Å². The molecule has 0 saturated carbocycles. The van der Waals surface area contributed by atoms with Crippen LogP contribution in [0.15, 0.2) is 23.1 Å². The lowest BCUT2D eigenvalue weighted by Crippen LogP contribution is -2.20. The highest BCUT2D eigenvalue weighted by Gasteiger charge is 2.22. The topological polar surface area (TPSA) is 110 Å². The minimum Gasteiger partial charge on any atom is -0.478 e. The molecule has 0 aliphatic rings. The average molecular weight is 270 g/mol. The molecule has 0 unspecified atom stereocenters. The molecule has 0 spiro atoms. The number of rotatable bonds is 5. The lowest BCUT2D eigenvalue weighted by atomic mass is 10.2. The van der Waals surface area contributed by atoms with Gasteiger partial charge in [0.25, 0.3) is 5.69 Å². The summed E-state index contributed by atoms with van der Waals surface area (Å²) in [6.45, 7) is 0. The van der Waals surface area contributed by atoms with E-state index in [0.29, 0.717) is 0 Å². The Hall–Kier alpha value is -2.09. The van der Waals surface area contributed by atoms with Gasteiger partial charge in [-0.05, 0) is 6.07 Å². The highest BCUT2D eigenvalue weighted by Crippen LogP contribution is 2.32. The Balaban J connectivity index is 3.15. The van der Waals surface area contributed by atoms with Gasteiger partial charge in [-0.25, -0.2) is 4.79 Å². The van der Waals surface area contributed by atoms with Crippen LogP contribution in [0.25, 0.3) is 0 Å². The third kappa shape index (κ3) is 3.20. The Morgan fingerprint density at radius 2 is 2.17 bits per heavy atom. The van der Waals surface area contributed by atoms with Crippen LogP contribution in [-0.2, 0) is 4.79 Å². The van der Waals surface area contributed by atoms with Crippen LogP contribution in [0, 0.1) is 10.1 Å². The molecular formula is C10H10N2O5S. The molecule has 1 aromatic carbocycles. The summed E-state index contributed by atoms with van der Waals surface area (Å²) in [5, 5.41) is 22.1. The zero-order chi connectivity index (χ0) is 13.7. The van der Waals surface area contributed by atoms with Gasteiger partial charge in [0.15, 0.2) is 0 Å². The average Bonchev–Trinajstić information content (AvgIpc) is 2.34. The molecule has 0 heterocycles. The number of benzene rings is 1. The van der Waals surface area contributed by atoms with Crippen molar-refractivity contribution in [2.24, 2.45) is 0 Å². The van der Waals surface area contributed by atoms with Crippen LogP contribution in [0.1, 0.15) is 10.4 Å². The van der Waals surface area contributed by atoms with Crippen LogP contribution in [0.4, 0.5) is 5.69 Å². The fourth-order valence-electron chi connectivity index (χ4n) is 1.20. The fourth-order valence-corrected chi connectivity index (χ4v) is 2.22. The second-order valence-corrected chi connectivity index (χ2v) is 4.16. The van der Waals surface area contributed by atoms with Crippen LogP contribution < -0.4 is 5.32 Å². The molecule has 0 aromatic heterocycles. The first-order valence-electron chi connectivity index (χ1n) is 4.81. The Kier molecular flexibility index (Phi) is 4.67. The van der Waals surface area contributed by atoms with Gasteiger partial charge in [-0.3, -0.25) is 14.9 Å². The fraction of sp³-hybridized carbons (Fsp3) is 0.200. The van der Waals surface area contributed by atoms with Crippen molar-refractivity contribution in [1.82, 2.24) is 5.32 Å². The van der Waals surface area contributed by atoms with Gasteiger partial charge in [0.1, 0.15) is 4.90 Å². The Morgan fingerprint density at radius 1 is 1.50 bits per heavy atom. The quantitative estimate of drug-likeness (QED) is 0.471. The minimum atomic E-state index is -1.27. The number of nitrogens with zero attached hydrogens (tertiary/aromatic N) is 1. The van der Waals surface area contributed by atoms with Crippen molar-refractivity contribution in [3.63, 3.8) is 0 Å². The Labute approximate surface area is 106 Å². The summed E-state index contributed by atoms with van der Waals surface area (Å²) in [6, 6.07) is 3.77. The SMILES string of the molecule is CNC(=O)CSc1c(C(=O)O)cccc1[N+](=O)[O-]. The molecule has 1 rings (SSSR count). The molecule has 0 atom stereocenters. The van der Waals surface area contributed by atoms with E-state index < -0.39 is 10.9 Å². The standard InChI is InChI=1S/C10H10N2O5S/c1-11-8(13)5-18-9-6(10(14)15)3-2-4-7(9)12(16)17/h2-4H,5H2,1H3,(H,11,13)(H,14,15). The van der Waals surface area contributed by atoms with Crippen molar-refractivity contribution in [1.29, 1.82) is 0 Å². The van der Waals surface area contributed by atoms with Gasteiger partial charge in [-0.1, -0.05) is 6.07 Å². The Bertz CT molecular complexity index is 471. The van der Waals surface area contributed by atoms with Crippen molar-refractivity contribution in [2.75, 3.05) is 12.8 Å². The van der Waals surface area contributed by atoms with Gasteiger partial charge in [0.05, 0.1) is 16.2 Å². The summed E-state index contributed by atoms with van der Waals surface area (Å²) in [5.74, 6) is -1.69. The molecule has 0 aliphatic carbocycles. The zero-order valence-electron chi connectivity index (χ0n) is 9.37. The number of aromatic carboxylic acids is 1. The number of nitro benzene ring substituents is 1. The molecule has 0 saturated heterocycles. The molecule has 8 heteroatoms. The first-order chi connectivity index (χ1) is 8.47. The number of carbonyl (C=O) groups excluding carboxylic acids is 1. The first-order valence-corrected chi connectivity index (χ1v) is 5.80. The number of hydrogen-bond donors (Lipinski definition) is 2. The Morgan fingerprint density at radius 3 is 2.67 bits per heavy atom. The van der Waals surface area contributed by atoms with Gasteiger partial charge in [0.2, 0.25) is 5.91 Å². The zero-order valence-corrected chi connectivity index (χ0v) is 10.2. The number of hydrogen-bond acceptors (Lipinski definition) is 5. The van der Waals surface area contributed by atoms with Gasteiger partial charge < -0.3 is 10.4 Å². The van der Waals surface area contributed by atoms with Crippen molar-refractivity contribution in [3.8, 4) is 0 Å². The summed E-state index contributed by atoms with van der Waals surface area (Å²) < 4.78 is 0. The third-order valence-electron chi connectivity index (χ3n) is 2.05. The van der Waals surface area contributed by atoms with E-state index in [1.165, 1.54) is 25.2 Å². The van der Waals surface area contributed by atoms with Gasteiger partial charge in [0, 0.05) is 13.1 Å². The molecule has 0 radical (unpaired) electrons. The molecule has 1 aromatic rings. The summed E-state index contributed by atoms with van der Waals surface area (Å²) in [4.78, 5) is 32.2. The van der Waals surface area contributed by atoms with Gasteiger partial charge >= 0.3 is 5.97 Å². The van der Waals surface area contributed by atoms with Crippen molar-refractivity contribution in [2.45, 2.75) is 4.90 Å². The van der Waals surface area contributed by atoms with E-state index in [-0.39, 0.29) is 27.8 Å². The lowest BCUT2D eigenvalue weighted by Gasteiger charge is -2.05. The van der Waals surface area contributed by atoms with Gasteiger partial charge in [-0.15, -0.1) is 11.8 Å². The molecule has 0 aliphatic heterocycles. The molecule has 0 fully saturated rings. The van der Waals surface area contributed by atoms with Crippen molar-refractivity contribution in [3.05, 3.63) is 33.9 Å². The highest BCUT2D eigenvalue weighted by atomic mass is 32.2. The number of nitro groups is 1. The number of carbonyl (C=O) groups is 2. The van der Waals surface area contributed by atoms with E-state index >= 15 is 0 Å². The maximum absolute atomic E-state index is 11.1. The lowest BCUT2D eigenvalue weighted by molar-refractivity contribution is -0.387. The van der Waals surface area contributed by atoms with Crippen LogP contribution in [-0.4, -0.2) is 34.7 Å². The molecule has 96 valence electrons. The van der Waals surface area contributed by atoms with E-state index in [0.717, 1.165) is 11.8 Å². The second-order valence-electron chi connectivity index (χ2n) is 3.18. The summed E-state index contributed by atoms with van der Waals surface area (Å²) in [5.41, 5.74) is -0.498. The van der Waals surface area contributed by atoms with Crippen LogP contribution in [0.2, 0.25) is 0 Å². The molecule has 0 bridgehead atoms. The van der Waals surface area contributed by atoms with Crippen molar-refractivity contribution >= 4 is 29.3 Å². The van der Waals surface area contributed by atoms with E-state index in [1.807, 2.05) is 0 Å². The monoisotopic (exact) mass is 270 g/mol. The molecule has 2 N–H and O–H groups in total. The predicted molar refractivity (Wildman–Crippen MR) is 64.8 cm³/mol. The number of thioether (sulfide) groups is 1. The number of nitrogens with one attached hydrogen (secondary N) is 1. The second kappa shape index (κ2) is 6.01. The smallest absolute Gasteiger partial charge is 0.337 e. The van der Waals surface area contributed by atoms with E-state index in [1.54, 1.807) is 0 Å². The van der Waals surface area contributed by atoms with Crippen LogP contribution >= 0.6 is 11.8 Å². The van der Waals surface area contributed by atoms with E-state index in [9.17, 15) is 19.7 Å². The maximum atomic E-state index is 11.1. The van der Waals surface area contributed by atoms with Crippen LogP contribution in [0.3, 0.4) is 0 Å². The largest absolute Gasteiger partial charge is 0.478 e. The number of amides is 1. The minimum absolute atomic E-state index is 0.0152. The maximum Gasteiger partial charge on any atom is 0.337 e. The van der Waals surface area contributed by atoms with Gasteiger partial charge in [-0.2, -0.15) is 0 Å². The molecule has 1 amide bonds.